The van der Waals surface area contributed by atoms with E-state index in [0.29, 0.717) is 12.0 Å². The van der Waals surface area contributed by atoms with Gasteiger partial charge >= 0.3 is 6.16 Å². The minimum absolute atomic E-state index is 0.0431. The first-order valence-electron chi connectivity index (χ1n) is 9.59. The van der Waals surface area contributed by atoms with E-state index < -0.39 is 11.1 Å². The van der Waals surface area contributed by atoms with E-state index >= 15 is 0 Å². The lowest BCUT2D eigenvalue weighted by Gasteiger charge is -2.47. The van der Waals surface area contributed by atoms with E-state index in [0.717, 1.165) is 24.7 Å². The van der Waals surface area contributed by atoms with Crippen LogP contribution in [0.15, 0.2) is 24.3 Å². The lowest BCUT2D eigenvalue weighted by Crippen LogP contribution is -2.36. The molecule has 26 heavy (non-hydrogen) atoms. The average molecular weight is 361 g/mol. The van der Waals surface area contributed by atoms with Crippen LogP contribution < -0.4 is 4.74 Å². The predicted octanol–water partition coefficient (Wildman–Crippen LogP) is 5.50. The van der Waals surface area contributed by atoms with Gasteiger partial charge in [0.2, 0.25) is 0 Å². The molecular weight excluding hydrogens is 334 g/mol. The van der Waals surface area contributed by atoms with Crippen LogP contribution in [-0.4, -0.2) is 17.7 Å². The third-order valence-corrected chi connectivity index (χ3v) is 6.19. The van der Waals surface area contributed by atoms with E-state index in [1.165, 1.54) is 62.8 Å². The number of ether oxygens (including phenoxy) is 2. The molecule has 6 nitrogen and oxygen atoms in total. The molecule has 2 unspecified atom stereocenters. The van der Waals surface area contributed by atoms with Crippen molar-refractivity contribution >= 4 is 11.8 Å². The number of nitrogens with zero attached hydrogens (tertiary/aromatic N) is 1. The summed E-state index contributed by atoms with van der Waals surface area (Å²) in [5, 5.41) is 10.6. The monoisotopic (exact) mass is 361 g/mol. The molecule has 0 amide bonds. The maximum absolute atomic E-state index is 11.9. The lowest BCUT2D eigenvalue weighted by molar-refractivity contribution is -0.384. The number of hydrogen-bond donors (Lipinski definition) is 0. The molecule has 3 rings (SSSR count). The van der Waals surface area contributed by atoms with Crippen LogP contribution in [0.4, 0.5) is 10.5 Å². The molecular formula is C20H27NO5. The quantitative estimate of drug-likeness (QED) is 0.289. The van der Waals surface area contributed by atoms with Crippen molar-refractivity contribution in [3.8, 4) is 5.75 Å². The van der Waals surface area contributed by atoms with Crippen LogP contribution in [0.5, 0.6) is 5.75 Å². The first-order valence-corrected chi connectivity index (χ1v) is 9.59. The van der Waals surface area contributed by atoms with Gasteiger partial charge in [0.05, 0.1) is 11.5 Å². The van der Waals surface area contributed by atoms with Crippen LogP contribution in [0.1, 0.15) is 58.3 Å². The SMILES string of the molecule is CCC1(CCOC(=O)Oc2ccc([N+](=O)[O-])cc2)CC2CCCC(C2)C1. The fourth-order valence-electron chi connectivity index (χ4n) is 4.86. The van der Waals surface area contributed by atoms with E-state index in [1.54, 1.807) is 0 Å². The standard InChI is InChI=1S/C20H27NO5/c1-2-20(13-15-4-3-5-16(12-15)14-20)10-11-25-19(22)26-18-8-6-17(7-9-18)21(23)24/h6-9,15-16H,2-5,10-14H2,1H3. The molecule has 0 aliphatic heterocycles. The molecule has 0 spiro atoms. The zero-order chi connectivity index (χ0) is 18.6. The Bertz CT molecular complexity index is 630. The van der Waals surface area contributed by atoms with Crippen molar-refractivity contribution < 1.29 is 19.2 Å². The summed E-state index contributed by atoms with van der Waals surface area (Å²) in [6, 6.07) is 5.40. The van der Waals surface area contributed by atoms with Crippen LogP contribution in [0.25, 0.3) is 0 Å². The van der Waals surface area contributed by atoms with Gasteiger partial charge in [0.15, 0.2) is 0 Å². The van der Waals surface area contributed by atoms with Crippen molar-refractivity contribution in [3.63, 3.8) is 0 Å². The molecule has 0 aromatic heterocycles. The second-order valence-corrected chi connectivity index (χ2v) is 7.86. The normalized spacial score (nSPS) is 27.6. The second-order valence-electron chi connectivity index (χ2n) is 7.86. The van der Waals surface area contributed by atoms with Crippen molar-refractivity contribution in [2.75, 3.05) is 6.61 Å². The number of hydrogen-bond acceptors (Lipinski definition) is 5. The Balaban J connectivity index is 1.47. The Labute approximate surface area is 154 Å². The highest BCUT2D eigenvalue weighted by atomic mass is 16.7. The van der Waals surface area contributed by atoms with Gasteiger partial charge in [-0.25, -0.2) is 4.79 Å². The van der Waals surface area contributed by atoms with E-state index in [2.05, 4.69) is 6.92 Å². The van der Waals surface area contributed by atoms with Crippen molar-refractivity contribution in [3.05, 3.63) is 34.4 Å². The van der Waals surface area contributed by atoms with Gasteiger partial charge in [0.1, 0.15) is 5.75 Å². The number of benzene rings is 1. The molecule has 1 aromatic rings. The van der Waals surface area contributed by atoms with Gasteiger partial charge < -0.3 is 9.47 Å². The maximum Gasteiger partial charge on any atom is 0.513 e. The molecule has 2 atom stereocenters. The topological polar surface area (TPSA) is 78.7 Å². The van der Waals surface area contributed by atoms with E-state index in [4.69, 9.17) is 9.47 Å². The molecule has 6 heteroatoms. The zero-order valence-electron chi connectivity index (χ0n) is 15.3. The molecule has 2 aliphatic rings. The average Bonchev–Trinajstić information content (AvgIpc) is 2.62. The van der Waals surface area contributed by atoms with E-state index in [9.17, 15) is 14.9 Å². The molecule has 0 radical (unpaired) electrons. The van der Waals surface area contributed by atoms with Crippen molar-refractivity contribution in [1.29, 1.82) is 0 Å². The Hall–Kier alpha value is -2.11. The van der Waals surface area contributed by atoms with Crippen molar-refractivity contribution in [2.45, 2.75) is 58.3 Å². The summed E-state index contributed by atoms with van der Waals surface area (Å²) in [6.07, 6.45) is 9.20. The molecule has 142 valence electrons. The largest absolute Gasteiger partial charge is 0.513 e. The number of non-ortho nitro benzene ring substituents is 1. The number of carbonyl (C=O) groups is 1. The highest BCUT2D eigenvalue weighted by Crippen LogP contribution is 2.52. The molecule has 2 fully saturated rings. The fourth-order valence-corrected chi connectivity index (χ4v) is 4.86. The van der Waals surface area contributed by atoms with Gasteiger partial charge in [-0.3, -0.25) is 10.1 Å². The third-order valence-electron chi connectivity index (χ3n) is 6.19. The minimum atomic E-state index is -0.749. The summed E-state index contributed by atoms with van der Waals surface area (Å²) < 4.78 is 10.4. The number of fused-ring (bicyclic) bond motifs is 2. The predicted molar refractivity (Wildman–Crippen MR) is 97.1 cm³/mol. The second kappa shape index (κ2) is 8.06. The molecule has 0 heterocycles. The summed E-state index contributed by atoms with van der Waals surface area (Å²) in [5.41, 5.74) is 0.250. The van der Waals surface area contributed by atoms with Gasteiger partial charge in [0.25, 0.3) is 5.69 Å². The van der Waals surface area contributed by atoms with Gasteiger partial charge in [0, 0.05) is 12.1 Å². The summed E-state index contributed by atoms with van der Waals surface area (Å²) in [5.74, 6) is 1.93. The van der Waals surface area contributed by atoms with E-state index in [-0.39, 0.29) is 11.4 Å². The van der Waals surface area contributed by atoms with Crippen LogP contribution >= 0.6 is 0 Å². The molecule has 0 N–H and O–H groups in total. The van der Waals surface area contributed by atoms with Gasteiger partial charge in [-0.05, 0) is 55.1 Å². The molecule has 0 saturated heterocycles. The van der Waals surface area contributed by atoms with Crippen LogP contribution in [0.3, 0.4) is 0 Å². The first kappa shape index (κ1) is 18.7. The Morgan fingerprint density at radius 1 is 1.23 bits per heavy atom. The van der Waals surface area contributed by atoms with Gasteiger partial charge in [-0.1, -0.05) is 32.6 Å². The number of nitro groups is 1. The summed E-state index contributed by atoms with van der Waals surface area (Å²) in [4.78, 5) is 22.0. The molecule has 2 saturated carbocycles. The summed E-state index contributed by atoms with van der Waals surface area (Å²) in [7, 11) is 0. The zero-order valence-corrected chi connectivity index (χ0v) is 15.3. The lowest BCUT2D eigenvalue weighted by atomic mass is 9.59. The molecule has 1 aromatic carbocycles. The van der Waals surface area contributed by atoms with Gasteiger partial charge in [-0.15, -0.1) is 0 Å². The molecule has 2 bridgehead atoms. The highest BCUT2D eigenvalue weighted by Gasteiger charge is 2.40. The number of nitro benzene ring substituents is 1. The highest BCUT2D eigenvalue weighted by molar-refractivity contribution is 5.63. The number of carbonyl (C=O) groups excluding carboxylic acids is 1. The summed E-state index contributed by atoms with van der Waals surface area (Å²) >= 11 is 0. The minimum Gasteiger partial charge on any atom is -0.434 e. The van der Waals surface area contributed by atoms with Crippen molar-refractivity contribution in [2.24, 2.45) is 17.3 Å². The third kappa shape index (κ3) is 4.54. The maximum atomic E-state index is 11.9. The Morgan fingerprint density at radius 3 is 2.46 bits per heavy atom. The smallest absolute Gasteiger partial charge is 0.434 e. The molecule has 2 aliphatic carbocycles. The summed E-state index contributed by atoms with van der Waals surface area (Å²) in [6.45, 7) is 2.61. The van der Waals surface area contributed by atoms with Crippen LogP contribution in [0.2, 0.25) is 0 Å². The van der Waals surface area contributed by atoms with Crippen LogP contribution in [-0.2, 0) is 4.74 Å². The Morgan fingerprint density at radius 2 is 1.88 bits per heavy atom. The van der Waals surface area contributed by atoms with Gasteiger partial charge in [-0.2, -0.15) is 0 Å². The number of rotatable bonds is 6. The van der Waals surface area contributed by atoms with E-state index in [1.807, 2.05) is 0 Å². The Kier molecular flexibility index (Phi) is 5.79. The first-order chi connectivity index (χ1) is 12.5. The van der Waals surface area contributed by atoms with Crippen LogP contribution in [0, 0.1) is 27.4 Å². The van der Waals surface area contributed by atoms with Crippen molar-refractivity contribution in [1.82, 2.24) is 0 Å². The fraction of sp³-hybridized carbons (Fsp3) is 0.650.